The first-order chi connectivity index (χ1) is 11.7. The molecule has 0 radical (unpaired) electrons. The molecule has 2 unspecified atom stereocenters. The summed E-state index contributed by atoms with van der Waals surface area (Å²) in [7, 11) is 0. The summed E-state index contributed by atoms with van der Waals surface area (Å²) in [6.07, 6.45) is 9.57. The number of hydrogen-bond donors (Lipinski definition) is 2. The third kappa shape index (κ3) is 5.11. The number of guanidine groups is 1. The van der Waals surface area contributed by atoms with Crippen molar-refractivity contribution < 1.29 is 4.74 Å². The zero-order valence-electron chi connectivity index (χ0n) is 14.9. The van der Waals surface area contributed by atoms with E-state index in [0.29, 0.717) is 18.7 Å². The molecule has 24 heavy (non-hydrogen) atoms. The Bertz CT molecular complexity index is 554. The van der Waals surface area contributed by atoms with Crippen molar-refractivity contribution in [1.82, 2.24) is 15.6 Å². The quantitative estimate of drug-likeness (QED) is 0.621. The Morgan fingerprint density at radius 3 is 2.83 bits per heavy atom. The molecule has 0 spiro atoms. The predicted molar refractivity (Wildman–Crippen MR) is 97.3 cm³/mol. The lowest BCUT2D eigenvalue weighted by Crippen LogP contribution is -2.39. The van der Waals surface area contributed by atoms with Crippen molar-refractivity contribution in [3.63, 3.8) is 0 Å². The summed E-state index contributed by atoms with van der Waals surface area (Å²) in [6, 6.07) is 4.62. The second kappa shape index (κ2) is 8.36. The van der Waals surface area contributed by atoms with E-state index >= 15 is 0 Å². The summed E-state index contributed by atoms with van der Waals surface area (Å²) in [5, 5.41) is 6.80. The van der Waals surface area contributed by atoms with Gasteiger partial charge in [-0.05, 0) is 56.6 Å². The average molecular weight is 330 g/mol. The lowest BCUT2D eigenvalue weighted by Gasteiger charge is -2.22. The number of ether oxygens (including phenoxy) is 1. The summed E-state index contributed by atoms with van der Waals surface area (Å²) in [4.78, 5) is 9.06. The van der Waals surface area contributed by atoms with Crippen LogP contribution in [-0.4, -0.2) is 29.6 Å². The van der Waals surface area contributed by atoms with Gasteiger partial charge in [0.2, 0.25) is 5.88 Å². The first-order valence-corrected chi connectivity index (χ1v) is 9.41. The minimum Gasteiger partial charge on any atom is -0.474 e. The number of aromatic nitrogens is 1. The second-order valence-electron chi connectivity index (χ2n) is 7.04. The molecule has 2 saturated carbocycles. The van der Waals surface area contributed by atoms with E-state index in [-0.39, 0.29) is 0 Å². The van der Waals surface area contributed by atoms with Crippen molar-refractivity contribution in [2.75, 3.05) is 6.54 Å². The summed E-state index contributed by atoms with van der Waals surface area (Å²) >= 11 is 0. The highest BCUT2D eigenvalue weighted by atomic mass is 16.5. The molecule has 1 heterocycles. The molecule has 0 aliphatic heterocycles. The molecule has 0 aromatic carbocycles. The van der Waals surface area contributed by atoms with Crippen LogP contribution in [0.1, 0.15) is 57.9 Å². The van der Waals surface area contributed by atoms with Crippen molar-refractivity contribution in [1.29, 1.82) is 0 Å². The Balaban J connectivity index is 1.56. The molecule has 2 atom stereocenters. The molecule has 1 aromatic rings. The zero-order chi connectivity index (χ0) is 16.8. The minimum absolute atomic E-state index is 0.334. The molecule has 0 bridgehead atoms. The van der Waals surface area contributed by atoms with Gasteiger partial charge in [-0.25, -0.2) is 9.98 Å². The minimum atomic E-state index is 0.334. The van der Waals surface area contributed by atoms with Crippen LogP contribution in [0.3, 0.4) is 0 Å². The van der Waals surface area contributed by atoms with Gasteiger partial charge in [0.25, 0.3) is 0 Å². The highest BCUT2D eigenvalue weighted by Gasteiger charge is 2.33. The van der Waals surface area contributed by atoms with Gasteiger partial charge in [-0.15, -0.1) is 0 Å². The van der Waals surface area contributed by atoms with Crippen LogP contribution in [0.4, 0.5) is 0 Å². The summed E-state index contributed by atoms with van der Waals surface area (Å²) in [6.45, 7) is 5.87. The Morgan fingerprint density at radius 2 is 2.12 bits per heavy atom. The van der Waals surface area contributed by atoms with Crippen LogP contribution in [0.2, 0.25) is 0 Å². The van der Waals surface area contributed by atoms with Crippen molar-refractivity contribution in [2.45, 2.75) is 71.1 Å². The molecule has 3 rings (SSSR count). The monoisotopic (exact) mass is 330 g/mol. The van der Waals surface area contributed by atoms with E-state index in [1.807, 2.05) is 18.3 Å². The standard InChI is InChI=1S/C19H30N4O/c1-3-20-19(23-17-11-14(17)2)22-13-15-9-10-21-18(12-15)24-16-7-5-4-6-8-16/h9-10,12,14,16-17H,3-8,11,13H2,1-2H3,(H2,20,22,23). The smallest absolute Gasteiger partial charge is 0.213 e. The van der Waals surface area contributed by atoms with Crippen LogP contribution in [0.15, 0.2) is 23.3 Å². The summed E-state index contributed by atoms with van der Waals surface area (Å²) < 4.78 is 6.05. The Labute approximate surface area is 145 Å². The first-order valence-electron chi connectivity index (χ1n) is 9.41. The maximum atomic E-state index is 6.05. The Hall–Kier alpha value is -1.78. The van der Waals surface area contributed by atoms with Crippen LogP contribution < -0.4 is 15.4 Å². The Morgan fingerprint density at radius 1 is 1.33 bits per heavy atom. The van der Waals surface area contributed by atoms with Gasteiger partial charge in [0.05, 0.1) is 6.54 Å². The van der Waals surface area contributed by atoms with Gasteiger partial charge in [-0.3, -0.25) is 0 Å². The van der Waals surface area contributed by atoms with Crippen molar-refractivity contribution >= 4 is 5.96 Å². The molecule has 2 aliphatic rings. The van der Waals surface area contributed by atoms with E-state index < -0.39 is 0 Å². The molecular formula is C19H30N4O. The molecule has 2 fully saturated rings. The number of hydrogen-bond acceptors (Lipinski definition) is 3. The molecular weight excluding hydrogens is 300 g/mol. The molecule has 5 heteroatoms. The highest BCUT2D eigenvalue weighted by Crippen LogP contribution is 2.28. The molecule has 132 valence electrons. The second-order valence-corrected chi connectivity index (χ2v) is 7.04. The van der Waals surface area contributed by atoms with Gasteiger partial charge in [0.15, 0.2) is 5.96 Å². The maximum Gasteiger partial charge on any atom is 0.213 e. The van der Waals surface area contributed by atoms with E-state index in [1.165, 1.54) is 25.7 Å². The zero-order valence-corrected chi connectivity index (χ0v) is 14.9. The van der Waals surface area contributed by atoms with Gasteiger partial charge in [0.1, 0.15) is 6.10 Å². The fourth-order valence-electron chi connectivity index (χ4n) is 3.16. The number of aliphatic imine (C=N–C) groups is 1. The first kappa shape index (κ1) is 17.1. The van der Waals surface area contributed by atoms with E-state index in [4.69, 9.17) is 9.73 Å². The number of nitrogens with zero attached hydrogens (tertiary/aromatic N) is 2. The highest BCUT2D eigenvalue weighted by molar-refractivity contribution is 5.80. The van der Waals surface area contributed by atoms with Gasteiger partial charge < -0.3 is 15.4 Å². The lowest BCUT2D eigenvalue weighted by molar-refractivity contribution is 0.148. The van der Waals surface area contributed by atoms with Crippen molar-refractivity contribution in [3.8, 4) is 5.88 Å². The normalized spacial score (nSPS) is 24.5. The maximum absolute atomic E-state index is 6.05. The van der Waals surface area contributed by atoms with Crippen LogP contribution in [0.5, 0.6) is 5.88 Å². The number of rotatable bonds is 6. The van der Waals surface area contributed by atoms with Crippen LogP contribution in [0, 0.1) is 5.92 Å². The molecule has 5 nitrogen and oxygen atoms in total. The van der Waals surface area contributed by atoms with Gasteiger partial charge >= 0.3 is 0 Å². The van der Waals surface area contributed by atoms with Gasteiger partial charge in [-0.1, -0.05) is 13.3 Å². The fourth-order valence-corrected chi connectivity index (χ4v) is 3.16. The summed E-state index contributed by atoms with van der Waals surface area (Å²) in [5.74, 6) is 2.40. The SMILES string of the molecule is CCNC(=NCc1ccnc(OC2CCCCC2)c1)NC1CC1C. The third-order valence-electron chi connectivity index (χ3n) is 4.83. The van der Waals surface area contributed by atoms with Gasteiger partial charge in [0, 0.05) is 24.8 Å². The van der Waals surface area contributed by atoms with Gasteiger partial charge in [-0.2, -0.15) is 0 Å². The van der Waals surface area contributed by atoms with E-state index in [9.17, 15) is 0 Å². The van der Waals surface area contributed by atoms with E-state index in [0.717, 1.165) is 42.7 Å². The van der Waals surface area contributed by atoms with E-state index in [1.54, 1.807) is 0 Å². The predicted octanol–water partition coefficient (Wildman–Crippen LogP) is 3.26. The van der Waals surface area contributed by atoms with Crippen molar-refractivity contribution in [2.24, 2.45) is 10.9 Å². The Kier molecular flexibility index (Phi) is 5.94. The van der Waals surface area contributed by atoms with Crippen LogP contribution in [-0.2, 0) is 6.54 Å². The topological polar surface area (TPSA) is 58.5 Å². The van der Waals surface area contributed by atoms with Crippen LogP contribution in [0.25, 0.3) is 0 Å². The fraction of sp³-hybridized carbons (Fsp3) is 0.684. The molecule has 0 saturated heterocycles. The van der Waals surface area contributed by atoms with Crippen molar-refractivity contribution in [3.05, 3.63) is 23.9 Å². The summed E-state index contributed by atoms with van der Waals surface area (Å²) in [5.41, 5.74) is 1.14. The molecule has 2 aliphatic carbocycles. The number of nitrogens with one attached hydrogen (secondary N) is 2. The molecule has 1 aromatic heterocycles. The molecule has 2 N–H and O–H groups in total. The average Bonchev–Trinajstić information content (AvgIpc) is 3.29. The van der Waals surface area contributed by atoms with E-state index in [2.05, 4.69) is 29.5 Å². The lowest BCUT2D eigenvalue weighted by atomic mass is 9.98. The molecule has 0 amide bonds. The number of pyridine rings is 1. The largest absolute Gasteiger partial charge is 0.474 e. The third-order valence-corrected chi connectivity index (χ3v) is 4.83. The van der Waals surface area contributed by atoms with Crippen LogP contribution >= 0.6 is 0 Å².